The molecule has 0 saturated heterocycles. The lowest BCUT2D eigenvalue weighted by Crippen LogP contribution is -2.19. The summed E-state index contributed by atoms with van der Waals surface area (Å²) in [5, 5.41) is 4.61. The van der Waals surface area contributed by atoms with E-state index in [0.717, 1.165) is 10.5 Å². The van der Waals surface area contributed by atoms with Gasteiger partial charge in [0, 0.05) is 9.92 Å². The van der Waals surface area contributed by atoms with Crippen LogP contribution in [-0.2, 0) is 14.3 Å². The van der Waals surface area contributed by atoms with Gasteiger partial charge in [-0.05, 0) is 80.7 Å². The minimum absolute atomic E-state index is 0.195. The van der Waals surface area contributed by atoms with Crippen molar-refractivity contribution in [2.24, 2.45) is 5.10 Å². The Bertz CT molecular complexity index is 871. The van der Waals surface area contributed by atoms with Crippen molar-refractivity contribution in [3.05, 3.63) is 55.9 Å². The van der Waals surface area contributed by atoms with Gasteiger partial charge in [-0.2, -0.15) is 5.10 Å². The molecule has 0 spiro atoms. The van der Waals surface area contributed by atoms with Gasteiger partial charge >= 0.3 is 5.97 Å². The standard InChI is InChI=1S/C19H17Br2ClN2O4S/c1-2-27-18(26)10-28-19-15(20)7-12(8-16(19)21)9-23-24-17(25)11-29-14-5-3-13(22)4-6-14/h3-9H,2,10-11H2,1H3,(H,24,25)/b23-9-. The van der Waals surface area contributed by atoms with Crippen molar-refractivity contribution in [3.8, 4) is 5.75 Å². The fourth-order valence-corrected chi connectivity index (χ4v) is 4.28. The maximum absolute atomic E-state index is 11.9. The van der Waals surface area contributed by atoms with Crippen LogP contribution >= 0.6 is 55.2 Å². The molecule has 0 saturated carbocycles. The van der Waals surface area contributed by atoms with Crippen LogP contribution in [0.2, 0.25) is 5.02 Å². The Kier molecular flexibility index (Phi) is 9.99. The molecular formula is C19H17Br2ClN2O4S. The van der Waals surface area contributed by atoms with Crippen molar-refractivity contribution >= 4 is 73.3 Å². The highest BCUT2D eigenvalue weighted by atomic mass is 79.9. The number of hydrogen-bond donors (Lipinski definition) is 1. The molecule has 0 aliphatic heterocycles. The van der Waals surface area contributed by atoms with E-state index in [4.69, 9.17) is 21.1 Å². The number of halogens is 3. The summed E-state index contributed by atoms with van der Waals surface area (Å²) in [4.78, 5) is 24.3. The van der Waals surface area contributed by atoms with Crippen LogP contribution < -0.4 is 10.2 Å². The van der Waals surface area contributed by atoms with Crippen LogP contribution in [-0.4, -0.2) is 37.1 Å². The first-order valence-electron chi connectivity index (χ1n) is 8.36. The number of nitrogens with zero attached hydrogens (tertiary/aromatic N) is 1. The van der Waals surface area contributed by atoms with E-state index in [2.05, 4.69) is 42.4 Å². The monoisotopic (exact) mass is 562 g/mol. The van der Waals surface area contributed by atoms with Crippen LogP contribution in [0.3, 0.4) is 0 Å². The predicted octanol–water partition coefficient (Wildman–Crippen LogP) is 5.05. The molecule has 0 aromatic heterocycles. The summed E-state index contributed by atoms with van der Waals surface area (Å²) in [5.41, 5.74) is 3.20. The van der Waals surface area contributed by atoms with Crippen LogP contribution in [0.5, 0.6) is 5.75 Å². The molecular weight excluding hydrogens is 548 g/mol. The SMILES string of the molecule is CCOC(=O)COc1c(Br)cc(/C=N\NC(=O)CSc2ccc(Cl)cc2)cc1Br. The number of hydrazone groups is 1. The lowest BCUT2D eigenvalue weighted by Gasteiger charge is -2.10. The van der Waals surface area contributed by atoms with E-state index in [-0.39, 0.29) is 18.3 Å². The molecule has 0 radical (unpaired) electrons. The fraction of sp³-hybridized carbons (Fsp3) is 0.211. The molecule has 2 aromatic carbocycles. The van der Waals surface area contributed by atoms with Crippen molar-refractivity contribution < 1.29 is 19.1 Å². The van der Waals surface area contributed by atoms with Gasteiger partial charge in [0.25, 0.3) is 0 Å². The minimum atomic E-state index is -0.448. The summed E-state index contributed by atoms with van der Waals surface area (Å²) < 4.78 is 11.6. The zero-order chi connectivity index (χ0) is 21.2. The van der Waals surface area contributed by atoms with E-state index in [1.165, 1.54) is 18.0 Å². The van der Waals surface area contributed by atoms with E-state index in [1.807, 2.05) is 12.1 Å². The maximum atomic E-state index is 11.9. The van der Waals surface area contributed by atoms with Gasteiger partial charge in [-0.3, -0.25) is 4.79 Å². The van der Waals surface area contributed by atoms with Gasteiger partial charge in [0.2, 0.25) is 5.91 Å². The van der Waals surface area contributed by atoms with Gasteiger partial charge in [-0.15, -0.1) is 11.8 Å². The Labute approximate surface area is 194 Å². The normalized spacial score (nSPS) is 10.8. The molecule has 154 valence electrons. The first-order chi connectivity index (χ1) is 13.9. The lowest BCUT2D eigenvalue weighted by atomic mass is 10.2. The Morgan fingerprint density at radius 3 is 2.48 bits per heavy atom. The molecule has 10 heteroatoms. The molecule has 1 amide bonds. The van der Waals surface area contributed by atoms with Gasteiger partial charge < -0.3 is 9.47 Å². The van der Waals surface area contributed by atoms with Gasteiger partial charge in [0.1, 0.15) is 5.75 Å². The number of ether oxygens (including phenoxy) is 2. The first kappa shape index (κ1) is 23.7. The fourth-order valence-electron chi connectivity index (χ4n) is 2.02. The lowest BCUT2D eigenvalue weighted by molar-refractivity contribution is -0.145. The van der Waals surface area contributed by atoms with Crippen LogP contribution in [0.4, 0.5) is 0 Å². The van der Waals surface area contributed by atoms with Crippen LogP contribution in [0.25, 0.3) is 0 Å². The van der Waals surface area contributed by atoms with Crippen LogP contribution in [0.1, 0.15) is 12.5 Å². The molecule has 29 heavy (non-hydrogen) atoms. The van der Waals surface area contributed by atoms with Gasteiger partial charge in [0.05, 0.1) is 27.5 Å². The number of nitrogens with one attached hydrogen (secondary N) is 1. The number of amides is 1. The van der Waals surface area contributed by atoms with Gasteiger partial charge in [-0.1, -0.05) is 11.6 Å². The molecule has 0 unspecified atom stereocenters. The third kappa shape index (κ3) is 8.38. The Hall–Kier alpha value is -1.55. The van der Waals surface area contributed by atoms with Crippen molar-refractivity contribution in [2.45, 2.75) is 11.8 Å². The van der Waals surface area contributed by atoms with Gasteiger partial charge in [-0.25, -0.2) is 10.2 Å². The smallest absolute Gasteiger partial charge is 0.344 e. The number of esters is 1. The summed E-state index contributed by atoms with van der Waals surface area (Å²) in [6.07, 6.45) is 1.51. The number of benzene rings is 2. The summed E-state index contributed by atoms with van der Waals surface area (Å²) >= 11 is 14.0. The summed E-state index contributed by atoms with van der Waals surface area (Å²) in [6, 6.07) is 10.8. The molecule has 2 aromatic rings. The quantitative estimate of drug-likeness (QED) is 0.200. The van der Waals surface area contributed by atoms with Crippen LogP contribution in [0.15, 0.2) is 55.3 Å². The highest BCUT2D eigenvalue weighted by molar-refractivity contribution is 9.11. The van der Waals surface area contributed by atoms with E-state index >= 15 is 0 Å². The number of hydrogen-bond acceptors (Lipinski definition) is 6. The van der Waals surface area contributed by atoms with E-state index < -0.39 is 5.97 Å². The third-order valence-corrected chi connectivity index (χ3v) is 5.69. The van der Waals surface area contributed by atoms with Gasteiger partial charge in [0.15, 0.2) is 6.61 Å². The second-order valence-electron chi connectivity index (χ2n) is 5.44. The molecule has 0 fully saturated rings. The number of thioether (sulfide) groups is 1. The number of carbonyl (C=O) groups is 2. The second kappa shape index (κ2) is 12.2. The number of carbonyl (C=O) groups excluding carboxylic acids is 2. The molecule has 6 nitrogen and oxygen atoms in total. The zero-order valence-corrected chi connectivity index (χ0v) is 20.0. The minimum Gasteiger partial charge on any atom is -0.480 e. The molecule has 2 rings (SSSR count). The Morgan fingerprint density at radius 1 is 1.21 bits per heavy atom. The summed E-state index contributed by atoms with van der Waals surface area (Å²) in [7, 11) is 0. The zero-order valence-electron chi connectivity index (χ0n) is 15.3. The Balaban J connectivity index is 1.87. The molecule has 0 aliphatic carbocycles. The van der Waals surface area contributed by atoms with E-state index in [0.29, 0.717) is 26.3 Å². The van der Waals surface area contributed by atoms with Crippen LogP contribution in [0, 0.1) is 0 Å². The Morgan fingerprint density at radius 2 is 1.86 bits per heavy atom. The van der Waals surface area contributed by atoms with E-state index in [1.54, 1.807) is 31.2 Å². The summed E-state index contributed by atoms with van der Waals surface area (Å²) in [5.74, 6) is 0.0240. The average Bonchev–Trinajstić information content (AvgIpc) is 2.67. The molecule has 0 bridgehead atoms. The number of rotatable bonds is 9. The second-order valence-corrected chi connectivity index (χ2v) is 8.64. The summed E-state index contributed by atoms with van der Waals surface area (Å²) in [6.45, 7) is 1.83. The van der Waals surface area contributed by atoms with Crippen molar-refractivity contribution in [2.75, 3.05) is 19.0 Å². The molecule has 0 atom stereocenters. The molecule has 0 heterocycles. The van der Waals surface area contributed by atoms with E-state index in [9.17, 15) is 9.59 Å². The highest BCUT2D eigenvalue weighted by Gasteiger charge is 2.11. The third-order valence-electron chi connectivity index (χ3n) is 3.25. The van der Waals surface area contributed by atoms with Crippen molar-refractivity contribution in [1.29, 1.82) is 0 Å². The van der Waals surface area contributed by atoms with Crippen molar-refractivity contribution in [3.63, 3.8) is 0 Å². The van der Waals surface area contributed by atoms with Crippen molar-refractivity contribution in [1.82, 2.24) is 5.43 Å². The predicted molar refractivity (Wildman–Crippen MR) is 122 cm³/mol. The highest BCUT2D eigenvalue weighted by Crippen LogP contribution is 2.34. The molecule has 1 N–H and O–H groups in total. The topological polar surface area (TPSA) is 77.0 Å². The average molecular weight is 565 g/mol. The largest absolute Gasteiger partial charge is 0.480 e. The maximum Gasteiger partial charge on any atom is 0.344 e. The molecule has 0 aliphatic rings. The first-order valence-corrected chi connectivity index (χ1v) is 11.3.